The predicted molar refractivity (Wildman–Crippen MR) is 63.8 cm³/mol. The van der Waals surface area contributed by atoms with E-state index in [0.29, 0.717) is 12.1 Å². The molecule has 1 aromatic rings. The lowest BCUT2D eigenvalue weighted by molar-refractivity contribution is 0.394. The van der Waals surface area contributed by atoms with Crippen molar-refractivity contribution < 1.29 is 4.21 Å². The first kappa shape index (κ1) is 11.3. The van der Waals surface area contributed by atoms with E-state index in [1.165, 1.54) is 12.8 Å². The molecular formula is C10H17N5OS. The standard InChI is InChI=1S/C10H17N5OS/c16-17-5-3-9(4-6-17)15-10(12-13-14-15)7-11-8-1-2-8/h8-9,11H,1-7H2. The van der Waals surface area contributed by atoms with Gasteiger partial charge in [-0.15, -0.1) is 5.10 Å². The molecule has 6 nitrogen and oxygen atoms in total. The van der Waals surface area contributed by atoms with Gasteiger partial charge in [-0.3, -0.25) is 4.21 Å². The normalized spacial score (nSPS) is 29.4. The van der Waals surface area contributed by atoms with E-state index in [-0.39, 0.29) is 0 Å². The topological polar surface area (TPSA) is 72.7 Å². The average molecular weight is 255 g/mol. The van der Waals surface area contributed by atoms with Crippen LogP contribution >= 0.6 is 0 Å². The molecule has 1 N–H and O–H groups in total. The van der Waals surface area contributed by atoms with E-state index in [9.17, 15) is 4.21 Å². The molecule has 0 atom stereocenters. The summed E-state index contributed by atoms with van der Waals surface area (Å²) >= 11 is 0. The Morgan fingerprint density at radius 3 is 2.76 bits per heavy atom. The van der Waals surface area contributed by atoms with Gasteiger partial charge in [0.05, 0.1) is 12.6 Å². The van der Waals surface area contributed by atoms with Crippen molar-refractivity contribution in [3.63, 3.8) is 0 Å². The summed E-state index contributed by atoms with van der Waals surface area (Å²) in [7, 11) is -0.628. The van der Waals surface area contributed by atoms with E-state index in [2.05, 4.69) is 20.8 Å². The Bertz CT molecular complexity index is 407. The number of hydrogen-bond donors (Lipinski definition) is 1. The monoisotopic (exact) mass is 255 g/mol. The van der Waals surface area contributed by atoms with Gasteiger partial charge < -0.3 is 5.32 Å². The van der Waals surface area contributed by atoms with E-state index in [4.69, 9.17) is 0 Å². The molecule has 2 aliphatic rings. The lowest BCUT2D eigenvalue weighted by Crippen LogP contribution is -2.26. The molecule has 7 heteroatoms. The maximum atomic E-state index is 11.3. The highest BCUT2D eigenvalue weighted by Crippen LogP contribution is 2.23. The minimum absolute atomic E-state index is 0.332. The zero-order valence-corrected chi connectivity index (χ0v) is 10.5. The number of hydrogen-bond acceptors (Lipinski definition) is 5. The Labute approximate surface area is 103 Å². The van der Waals surface area contributed by atoms with Crippen molar-refractivity contribution >= 4 is 10.8 Å². The molecule has 94 valence electrons. The highest BCUT2D eigenvalue weighted by atomic mass is 32.2. The Morgan fingerprint density at radius 2 is 2.06 bits per heavy atom. The van der Waals surface area contributed by atoms with Gasteiger partial charge in [-0.1, -0.05) is 0 Å². The molecule has 1 saturated carbocycles. The van der Waals surface area contributed by atoms with Gasteiger partial charge in [-0.2, -0.15) is 0 Å². The molecule has 0 unspecified atom stereocenters. The van der Waals surface area contributed by atoms with Crippen LogP contribution in [0.25, 0.3) is 0 Å². The summed E-state index contributed by atoms with van der Waals surface area (Å²) in [6.07, 6.45) is 4.39. The number of tetrazole rings is 1. The summed E-state index contributed by atoms with van der Waals surface area (Å²) in [6, 6.07) is 0.998. The molecule has 2 heterocycles. The van der Waals surface area contributed by atoms with Gasteiger partial charge in [0.1, 0.15) is 0 Å². The number of nitrogens with one attached hydrogen (secondary N) is 1. The highest BCUT2D eigenvalue weighted by molar-refractivity contribution is 7.85. The molecule has 1 aromatic heterocycles. The number of rotatable bonds is 4. The van der Waals surface area contributed by atoms with Crippen LogP contribution in [0, 0.1) is 0 Å². The fourth-order valence-corrected chi connectivity index (χ4v) is 3.44. The van der Waals surface area contributed by atoms with Crippen LogP contribution in [0.1, 0.15) is 37.5 Å². The molecule has 1 aliphatic heterocycles. The van der Waals surface area contributed by atoms with Crippen LogP contribution in [-0.2, 0) is 17.3 Å². The van der Waals surface area contributed by atoms with Crippen molar-refractivity contribution in [3.8, 4) is 0 Å². The summed E-state index contributed by atoms with van der Waals surface area (Å²) in [4.78, 5) is 0. The van der Waals surface area contributed by atoms with E-state index in [1.807, 2.05) is 4.68 Å². The fraction of sp³-hybridized carbons (Fsp3) is 0.900. The van der Waals surface area contributed by atoms with Crippen LogP contribution in [0.4, 0.5) is 0 Å². The minimum atomic E-state index is -0.628. The second-order valence-corrected chi connectivity index (χ2v) is 6.47. The predicted octanol–water partition coefficient (Wildman–Crippen LogP) is 0.00870. The molecule has 17 heavy (non-hydrogen) atoms. The first-order chi connectivity index (χ1) is 8.33. The third-order valence-corrected chi connectivity index (χ3v) is 4.77. The van der Waals surface area contributed by atoms with Gasteiger partial charge in [-0.25, -0.2) is 4.68 Å². The van der Waals surface area contributed by atoms with Crippen LogP contribution in [0.3, 0.4) is 0 Å². The summed E-state index contributed by atoms with van der Waals surface area (Å²) in [6.45, 7) is 0.747. The Kier molecular flexibility index (Phi) is 3.19. The lowest BCUT2D eigenvalue weighted by Gasteiger charge is -2.22. The summed E-state index contributed by atoms with van der Waals surface area (Å²) < 4.78 is 13.2. The molecule has 1 saturated heterocycles. The molecule has 0 radical (unpaired) electrons. The smallest absolute Gasteiger partial charge is 0.165 e. The van der Waals surface area contributed by atoms with E-state index < -0.39 is 10.8 Å². The zero-order chi connectivity index (χ0) is 11.7. The average Bonchev–Trinajstić information content (AvgIpc) is 3.06. The molecule has 0 bridgehead atoms. The van der Waals surface area contributed by atoms with Gasteiger partial charge in [-0.05, 0) is 36.1 Å². The van der Waals surface area contributed by atoms with Crippen molar-refractivity contribution in [2.45, 2.75) is 44.3 Å². The number of nitrogens with zero attached hydrogens (tertiary/aromatic N) is 4. The van der Waals surface area contributed by atoms with Crippen molar-refractivity contribution in [1.82, 2.24) is 25.5 Å². The second-order valence-electron chi connectivity index (χ2n) is 4.77. The van der Waals surface area contributed by atoms with Crippen LogP contribution < -0.4 is 5.32 Å². The van der Waals surface area contributed by atoms with Gasteiger partial charge >= 0.3 is 0 Å². The van der Waals surface area contributed by atoms with E-state index in [0.717, 1.165) is 36.7 Å². The number of aromatic nitrogens is 4. The molecular weight excluding hydrogens is 238 g/mol. The third-order valence-electron chi connectivity index (χ3n) is 3.39. The van der Waals surface area contributed by atoms with Crippen molar-refractivity contribution in [3.05, 3.63) is 5.82 Å². The first-order valence-electron chi connectivity index (χ1n) is 6.18. The highest BCUT2D eigenvalue weighted by Gasteiger charge is 2.25. The Morgan fingerprint density at radius 1 is 1.29 bits per heavy atom. The van der Waals surface area contributed by atoms with Gasteiger partial charge in [0.15, 0.2) is 5.82 Å². The van der Waals surface area contributed by atoms with Gasteiger partial charge in [0, 0.05) is 28.3 Å². The maximum absolute atomic E-state index is 11.3. The van der Waals surface area contributed by atoms with Gasteiger partial charge in [0.25, 0.3) is 0 Å². The summed E-state index contributed by atoms with van der Waals surface area (Å²) in [5.41, 5.74) is 0. The van der Waals surface area contributed by atoms with Crippen molar-refractivity contribution in [1.29, 1.82) is 0 Å². The third kappa shape index (κ3) is 2.71. The molecule has 3 rings (SSSR count). The Balaban J connectivity index is 1.64. The van der Waals surface area contributed by atoms with Crippen molar-refractivity contribution in [2.24, 2.45) is 0 Å². The fourth-order valence-electron chi connectivity index (χ4n) is 2.16. The quantitative estimate of drug-likeness (QED) is 0.820. The van der Waals surface area contributed by atoms with Gasteiger partial charge in [0.2, 0.25) is 0 Å². The van der Waals surface area contributed by atoms with Crippen LogP contribution in [-0.4, -0.2) is 42.0 Å². The SMILES string of the molecule is O=S1CCC(n2nnnc2CNC2CC2)CC1. The van der Waals surface area contributed by atoms with Crippen LogP contribution in [0.2, 0.25) is 0 Å². The minimum Gasteiger partial charge on any atom is -0.307 e. The summed E-state index contributed by atoms with van der Waals surface area (Å²) in [5, 5.41) is 15.3. The lowest BCUT2D eigenvalue weighted by atomic mass is 10.1. The maximum Gasteiger partial charge on any atom is 0.165 e. The van der Waals surface area contributed by atoms with Crippen LogP contribution in [0.15, 0.2) is 0 Å². The Hall–Kier alpha value is -0.820. The van der Waals surface area contributed by atoms with E-state index >= 15 is 0 Å². The molecule has 2 fully saturated rings. The zero-order valence-electron chi connectivity index (χ0n) is 9.71. The van der Waals surface area contributed by atoms with Crippen molar-refractivity contribution in [2.75, 3.05) is 11.5 Å². The molecule has 1 aliphatic carbocycles. The molecule has 0 amide bonds. The largest absolute Gasteiger partial charge is 0.307 e. The molecule has 0 aromatic carbocycles. The molecule has 0 spiro atoms. The first-order valence-corrected chi connectivity index (χ1v) is 7.67. The van der Waals surface area contributed by atoms with E-state index in [1.54, 1.807) is 0 Å². The van der Waals surface area contributed by atoms with Crippen LogP contribution in [0.5, 0.6) is 0 Å². The second kappa shape index (κ2) is 4.81. The summed E-state index contributed by atoms with van der Waals surface area (Å²) in [5.74, 6) is 2.47.